The number of aliphatic hydroxyl groups is 1. The van der Waals surface area contributed by atoms with Crippen LogP contribution >= 0.6 is 11.6 Å². The van der Waals surface area contributed by atoms with Gasteiger partial charge in [-0.1, -0.05) is 11.6 Å². The van der Waals surface area contributed by atoms with Crippen molar-refractivity contribution < 1.29 is 18.3 Å². The standard InChI is InChI=1S/C12H13ClF3NO/c13-7-4-5-9(8(6-7)12(14,15)16)17-10-2-1-3-11(10)18/h4-6,10-11,17-18H,1-3H2. The summed E-state index contributed by atoms with van der Waals surface area (Å²) < 4.78 is 38.5. The maximum atomic E-state index is 12.8. The Bertz CT molecular complexity index is 436. The van der Waals surface area contributed by atoms with Gasteiger partial charge in [0.25, 0.3) is 0 Å². The zero-order chi connectivity index (χ0) is 13.3. The predicted octanol–water partition coefficient (Wildman–Crippen LogP) is 3.68. The van der Waals surface area contributed by atoms with Crippen LogP contribution in [0.3, 0.4) is 0 Å². The van der Waals surface area contributed by atoms with E-state index in [9.17, 15) is 18.3 Å². The van der Waals surface area contributed by atoms with Gasteiger partial charge < -0.3 is 10.4 Å². The Balaban J connectivity index is 2.27. The highest BCUT2D eigenvalue weighted by Crippen LogP contribution is 2.37. The molecule has 2 atom stereocenters. The highest BCUT2D eigenvalue weighted by molar-refractivity contribution is 6.30. The van der Waals surface area contributed by atoms with Crippen molar-refractivity contribution in [2.75, 3.05) is 5.32 Å². The van der Waals surface area contributed by atoms with Gasteiger partial charge in [-0.25, -0.2) is 0 Å². The molecule has 0 amide bonds. The molecule has 2 unspecified atom stereocenters. The van der Waals surface area contributed by atoms with Crippen molar-refractivity contribution in [3.05, 3.63) is 28.8 Å². The van der Waals surface area contributed by atoms with Crippen molar-refractivity contribution in [2.24, 2.45) is 0 Å². The zero-order valence-corrected chi connectivity index (χ0v) is 10.2. The first-order valence-electron chi connectivity index (χ1n) is 5.69. The smallest absolute Gasteiger partial charge is 0.391 e. The van der Waals surface area contributed by atoms with Crippen LogP contribution in [0.4, 0.5) is 18.9 Å². The van der Waals surface area contributed by atoms with Crippen molar-refractivity contribution in [3.8, 4) is 0 Å². The molecule has 1 aromatic rings. The van der Waals surface area contributed by atoms with E-state index in [0.717, 1.165) is 12.5 Å². The van der Waals surface area contributed by atoms with Crippen molar-refractivity contribution in [1.29, 1.82) is 0 Å². The van der Waals surface area contributed by atoms with Crippen LogP contribution in [0.5, 0.6) is 0 Å². The molecule has 0 aromatic heterocycles. The summed E-state index contributed by atoms with van der Waals surface area (Å²) in [5.74, 6) is 0. The van der Waals surface area contributed by atoms with Crippen molar-refractivity contribution in [3.63, 3.8) is 0 Å². The summed E-state index contributed by atoms with van der Waals surface area (Å²) in [5.41, 5.74) is -0.827. The van der Waals surface area contributed by atoms with Gasteiger partial charge in [-0.15, -0.1) is 0 Å². The van der Waals surface area contributed by atoms with Crippen LogP contribution in [0.15, 0.2) is 18.2 Å². The van der Waals surface area contributed by atoms with Gasteiger partial charge in [0.1, 0.15) is 0 Å². The second-order valence-corrected chi connectivity index (χ2v) is 4.87. The Morgan fingerprint density at radius 3 is 2.56 bits per heavy atom. The number of alkyl halides is 3. The lowest BCUT2D eigenvalue weighted by molar-refractivity contribution is -0.137. The van der Waals surface area contributed by atoms with Crippen LogP contribution in [0.25, 0.3) is 0 Å². The number of aliphatic hydroxyl groups excluding tert-OH is 1. The summed E-state index contributed by atoms with van der Waals surface area (Å²) >= 11 is 5.59. The van der Waals surface area contributed by atoms with E-state index in [2.05, 4.69) is 5.32 Å². The predicted molar refractivity (Wildman–Crippen MR) is 63.7 cm³/mol. The number of anilines is 1. The maximum Gasteiger partial charge on any atom is 0.418 e. The molecule has 0 heterocycles. The SMILES string of the molecule is OC1CCCC1Nc1ccc(Cl)cc1C(F)(F)F. The Hall–Kier alpha value is -0.940. The average molecular weight is 280 g/mol. The molecule has 100 valence electrons. The van der Waals surface area contributed by atoms with Gasteiger partial charge in [0.2, 0.25) is 0 Å². The first kappa shape index (κ1) is 13.5. The van der Waals surface area contributed by atoms with E-state index in [4.69, 9.17) is 11.6 Å². The zero-order valence-electron chi connectivity index (χ0n) is 9.47. The van der Waals surface area contributed by atoms with Gasteiger partial charge in [0.05, 0.1) is 17.7 Å². The number of hydrogen-bond donors (Lipinski definition) is 2. The molecule has 1 aliphatic carbocycles. The van der Waals surface area contributed by atoms with Crippen LogP contribution in [-0.4, -0.2) is 17.3 Å². The van der Waals surface area contributed by atoms with E-state index in [-0.39, 0.29) is 16.8 Å². The minimum atomic E-state index is -4.46. The monoisotopic (exact) mass is 279 g/mol. The molecular formula is C12H13ClF3NO. The first-order valence-corrected chi connectivity index (χ1v) is 6.07. The Morgan fingerprint density at radius 1 is 1.28 bits per heavy atom. The lowest BCUT2D eigenvalue weighted by Crippen LogP contribution is -2.29. The molecule has 0 saturated heterocycles. The Kier molecular flexibility index (Phi) is 3.73. The molecule has 1 fully saturated rings. The molecule has 1 aliphatic rings. The van der Waals surface area contributed by atoms with Gasteiger partial charge >= 0.3 is 6.18 Å². The van der Waals surface area contributed by atoms with Gasteiger partial charge in [-0.2, -0.15) is 13.2 Å². The summed E-state index contributed by atoms with van der Waals surface area (Å²) in [6.45, 7) is 0. The van der Waals surface area contributed by atoms with E-state index in [0.29, 0.717) is 12.8 Å². The molecule has 0 radical (unpaired) electrons. The lowest BCUT2D eigenvalue weighted by atomic mass is 10.1. The van der Waals surface area contributed by atoms with Crippen molar-refractivity contribution in [2.45, 2.75) is 37.6 Å². The molecule has 0 bridgehead atoms. The molecule has 18 heavy (non-hydrogen) atoms. The van der Waals surface area contributed by atoms with Gasteiger partial charge in [-0.05, 0) is 37.5 Å². The lowest BCUT2D eigenvalue weighted by Gasteiger charge is -2.21. The van der Waals surface area contributed by atoms with Gasteiger partial charge in [0, 0.05) is 10.7 Å². The largest absolute Gasteiger partial charge is 0.418 e. The van der Waals surface area contributed by atoms with E-state index in [1.165, 1.54) is 12.1 Å². The normalized spacial score (nSPS) is 24.3. The molecular weight excluding hydrogens is 267 g/mol. The molecule has 1 aromatic carbocycles. The van der Waals surface area contributed by atoms with E-state index in [1.54, 1.807) is 0 Å². The minimum absolute atomic E-state index is 0.0298. The Morgan fingerprint density at radius 2 is 2.00 bits per heavy atom. The molecule has 1 saturated carbocycles. The number of halogens is 4. The third-order valence-electron chi connectivity index (χ3n) is 3.11. The number of nitrogens with one attached hydrogen (secondary N) is 1. The van der Waals surface area contributed by atoms with Crippen molar-refractivity contribution in [1.82, 2.24) is 0 Å². The van der Waals surface area contributed by atoms with Gasteiger partial charge in [0.15, 0.2) is 0 Å². The highest BCUT2D eigenvalue weighted by atomic mass is 35.5. The molecule has 2 N–H and O–H groups in total. The Labute approximate surface area is 108 Å². The van der Waals surface area contributed by atoms with Crippen LogP contribution in [-0.2, 0) is 6.18 Å². The summed E-state index contributed by atoms with van der Waals surface area (Å²) in [6, 6.07) is 3.27. The third kappa shape index (κ3) is 2.90. The molecule has 2 rings (SSSR count). The van der Waals surface area contributed by atoms with E-state index in [1.807, 2.05) is 0 Å². The fourth-order valence-electron chi connectivity index (χ4n) is 2.19. The first-order chi connectivity index (χ1) is 8.38. The highest BCUT2D eigenvalue weighted by Gasteiger charge is 2.35. The molecule has 2 nitrogen and oxygen atoms in total. The van der Waals surface area contributed by atoms with Gasteiger partial charge in [-0.3, -0.25) is 0 Å². The second kappa shape index (κ2) is 4.97. The minimum Gasteiger partial charge on any atom is -0.391 e. The maximum absolute atomic E-state index is 12.8. The number of hydrogen-bond acceptors (Lipinski definition) is 2. The van der Waals surface area contributed by atoms with Crippen LogP contribution in [0.1, 0.15) is 24.8 Å². The molecule has 6 heteroatoms. The number of benzene rings is 1. The second-order valence-electron chi connectivity index (χ2n) is 4.44. The fourth-order valence-corrected chi connectivity index (χ4v) is 2.36. The number of rotatable bonds is 2. The molecule has 0 aliphatic heterocycles. The van der Waals surface area contributed by atoms with Crippen molar-refractivity contribution >= 4 is 17.3 Å². The summed E-state index contributed by atoms with van der Waals surface area (Å²) in [7, 11) is 0. The summed E-state index contributed by atoms with van der Waals surface area (Å²) in [6.07, 6.45) is -2.96. The average Bonchev–Trinajstić information content (AvgIpc) is 2.66. The van der Waals surface area contributed by atoms with Crippen LogP contribution in [0.2, 0.25) is 5.02 Å². The summed E-state index contributed by atoms with van der Waals surface area (Å²) in [4.78, 5) is 0. The topological polar surface area (TPSA) is 32.3 Å². The van der Waals surface area contributed by atoms with E-state index < -0.39 is 17.8 Å². The fraction of sp³-hybridized carbons (Fsp3) is 0.500. The third-order valence-corrected chi connectivity index (χ3v) is 3.34. The molecule has 0 spiro atoms. The quantitative estimate of drug-likeness (QED) is 0.865. The van der Waals surface area contributed by atoms with Crippen LogP contribution in [0, 0.1) is 0 Å². The van der Waals surface area contributed by atoms with Crippen LogP contribution < -0.4 is 5.32 Å². The summed E-state index contributed by atoms with van der Waals surface area (Å²) in [5, 5.41) is 12.4. The van der Waals surface area contributed by atoms with E-state index >= 15 is 0 Å².